The molecule has 16 heavy (non-hydrogen) atoms. The Morgan fingerprint density at radius 3 is 2.56 bits per heavy atom. The lowest BCUT2D eigenvalue weighted by Gasteiger charge is -2.38. The van der Waals surface area contributed by atoms with E-state index < -0.39 is 0 Å². The summed E-state index contributed by atoms with van der Waals surface area (Å²) >= 11 is 3.51. The van der Waals surface area contributed by atoms with Crippen LogP contribution in [0.2, 0.25) is 0 Å². The maximum Gasteiger partial charge on any atom is 0.0443 e. The zero-order chi connectivity index (χ0) is 11.8. The van der Waals surface area contributed by atoms with Crippen LogP contribution in [0.5, 0.6) is 0 Å². The Morgan fingerprint density at radius 2 is 2.06 bits per heavy atom. The molecule has 1 aliphatic carbocycles. The van der Waals surface area contributed by atoms with E-state index in [0.717, 1.165) is 30.3 Å². The predicted octanol–water partition coefficient (Wildman–Crippen LogP) is 3.03. The predicted molar refractivity (Wildman–Crippen MR) is 73.1 cm³/mol. The van der Waals surface area contributed by atoms with Crippen molar-refractivity contribution in [3.05, 3.63) is 0 Å². The van der Waals surface area contributed by atoms with E-state index in [1.54, 1.807) is 0 Å². The standard InChI is InChI=1S/C13H26BrNO/c1-12(6-8-14)7-10-15(9-3-11-16)13-4-2-5-13/h12-13,16H,2-11H2,1H3. The first-order chi connectivity index (χ1) is 7.77. The van der Waals surface area contributed by atoms with Gasteiger partial charge in [0.25, 0.3) is 0 Å². The molecule has 1 rings (SSSR count). The lowest BCUT2D eigenvalue weighted by Crippen LogP contribution is -2.41. The van der Waals surface area contributed by atoms with Crippen LogP contribution in [0.3, 0.4) is 0 Å². The number of alkyl halides is 1. The fraction of sp³-hybridized carbons (Fsp3) is 1.00. The summed E-state index contributed by atoms with van der Waals surface area (Å²) in [5, 5.41) is 10.0. The van der Waals surface area contributed by atoms with E-state index in [4.69, 9.17) is 5.11 Å². The Labute approximate surface area is 109 Å². The molecule has 0 aliphatic heterocycles. The summed E-state index contributed by atoms with van der Waals surface area (Å²) in [5.74, 6) is 0.816. The van der Waals surface area contributed by atoms with Gasteiger partial charge in [0.2, 0.25) is 0 Å². The second-order valence-electron chi connectivity index (χ2n) is 5.07. The Bertz CT molecular complexity index is 173. The number of rotatable bonds is 9. The first-order valence-corrected chi connectivity index (χ1v) is 7.81. The first-order valence-electron chi connectivity index (χ1n) is 6.68. The average molecular weight is 292 g/mol. The zero-order valence-electron chi connectivity index (χ0n) is 10.5. The highest BCUT2D eigenvalue weighted by molar-refractivity contribution is 9.09. The minimum absolute atomic E-state index is 0.334. The molecule has 0 amide bonds. The molecule has 2 nitrogen and oxygen atoms in total. The molecule has 1 saturated carbocycles. The monoisotopic (exact) mass is 291 g/mol. The third-order valence-electron chi connectivity index (χ3n) is 3.71. The number of halogens is 1. The van der Waals surface area contributed by atoms with Crippen LogP contribution in [0.25, 0.3) is 0 Å². The van der Waals surface area contributed by atoms with Crippen molar-refractivity contribution >= 4 is 15.9 Å². The lowest BCUT2D eigenvalue weighted by molar-refractivity contribution is 0.110. The van der Waals surface area contributed by atoms with Gasteiger partial charge < -0.3 is 10.0 Å². The molecular formula is C13H26BrNO. The van der Waals surface area contributed by atoms with Gasteiger partial charge in [0.05, 0.1) is 0 Å². The minimum atomic E-state index is 0.334. The van der Waals surface area contributed by atoms with Crippen molar-refractivity contribution in [1.82, 2.24) is 4.90 Å². The van der Waals surface area contributed by atoms with Gasteiger partial charge in [-0.05, 0) is 44.6 Å². The Hall–Kier alpha value is 0.400. The van der Waals surface area contributed by atoms with Gasteiger partial charge >= 0.3 is 0 Å². The molecule has 1 N–H and O–H groups in total. The van der Waals surface area contributed by atoms with Crippen molar-refractivity contribution in [3.8, 4) is 0 Å². The van der Waals surface area contributed by atoms with Crippen LogP contribution in [0.1, 0.15) is 45.4 Å². The van der Waals surface area contributed by atoms with Crippen LogP contribution in [0.4, 0.5) is 0 Å². The van der Waals surface area contributed by atoms with Crippen LogP contribution in [-0.4, -0.2) is 41.1 Å². The molecule has 3 heteroatoms. The van der Waals surface area contributed by atoms with E-state index in [9.17, 15) is 0 Å². The maximum atomic E-state index is 8.92. The Balaban J connectivity index is 2.20. The molecule has 0 aromatic rings. The summed E-state index contributed by atoms with van der Waals surface area (Å²) in [6.45, 7) is 4.98. The molecule has 1 aliphatic rings. The molecule has 0 heterocycles. The number of aliphatic hydroxyl groups excluding tert-OH is 1. The molecule has 0 spiro atoms. The van der Waals surface area contributed by atoms with Crippen LogP contribution in [0.15, 0.2) is 0 Å². The van der Waals surface area contributed by atoms with Gasteiger partial charge in [-0.15, -0.1) is 0 Å². The topological polar surface area (TPSA) is 23.5 Å². The van der Waals surface area contributed by atoms with E-state index in [1.165, 1.54) is 38.6 Å². The summed E-state index contributed by atoms with van der Waals surface area (Å²) in [7, 11) is 0. The normalized spacial score (nSPS) is 18.8. The van der Waals surface area contributed by atoms with Crippen molar-refractivity contribution in [2.75, 3.05) is 25.0 Å². The largest absolute Gasteiger partial charge is 0.396 e. The quantitative estimate of drug-likeness (QED) is 0.660. The summed E-state index contributed by atoms with van der Waals surface area (Å²) in [6.07, 6.45) is 7.66. The van der Waals surface area contributed by atoms with Gasteiger partial charge in [0, 0.05) is 24.5 Å². The summed E-state index contributed by atoms with van der Waals surface area (Å²) < 4.78 is 0. The van der Waals surface area contributed by atoms with E-state index in [1.807, 2.05) is 0 Å². The van der Waals surface area contributed by atoms with Gasteiger partial charge in [-0.3, -0.25) is 0 Å². The highest BCUT2D eigenvalue weighted by Gasteiger charge is 2.24. The summed E-state index contributed by atoms with van der Waals surface area (Å²) in [4.78, 5) is 2.60. The number of hydrogen-bond donors (Lipinski definition) is 1. The highest BCUT2D eigenvalue weighted by atomic mass is 79.9. The molecule has 0 bridgehead atoms. The first kappa shape index (κ1) is 14.5. The molecule has 1 fully saturated rings. The lowest BCUT2D eigenvalue weighted by atomic mass is 9.90. The highest BCUT2D eigenvalue weighted by Crippen LogP contribution is 2.25. The molecule has 0 saturated heterocycles. The second-order valence-corrected chi connectivity index (χ2v) is 5.86. The maximum absolute atomic E-state index is 8.92. The number of hydrogen-bond acceptors (Lipinski definition) is 2. The van der Waals surface area contributed by atoms with E-state index in [2.05, 4.69) is 27.8 Å². The van der Waals surface area contributed by atoms with Crippen molar-refractivity contribution in [3.63, 3.8) is 0 Å². The zero-order valence-corrected chi connectivity index (χ0v) is 12.1. The van der Waals surface area contributed by atoms with E-state index in [0.29, 0.717) is 6.61 Å². The van der Waals surface area contributed by atoms with E-state index in [-0.39, 0.29) is 0 Å². The fourth-order valence-electron chi connectivity index (χ4n) is 2.22. The van der Waals surface area contributed by atoms with Crippen LogP contribution < -0.4 is 0 Å². The average Bonchev–Trinajstić information content (AvgIpc) is 2.19. The molecule has 1 atom stereocenters. The number of aliphatic hydroxyl groups is 1. The van der Waals surface area contributed by atoms with E-state index >= 15 is 0 Å². The van der Waals surface area contributed by atoms with Gasteiger partial charge in [-0.25, -0.2) is 0 Å². The van der Waals surface area contributed by atoms with Gasteiger partial charge in [-0.2, -0.15) is 0 Å². The van der Waals surface area contributed by atoms with Crippen molar-refractivity contribution in [2.24, 2.45) is 5.92 Å². The molecule has 0 radical (unpaired) electrons. The smallest absolute Gasteiger partial charge is 0.0443 e. The fourth-order valence-corrected chi connectivity index (χ4v) is 3.00. The van der Waals surface area contributed by atoms with Crippen LogP contribution in [-0.2, 0) is 0 Å². The Morgan fingerprint density at radius 1 is 1.31 bits per heavy atom. The summed E-state index contributed by atoms with van der Waals surface area (Å²) in [6, 6.07) is 0.822. The van der Waals surface area contributed by atoms with Crippen molar-refractivity contribution < 1.29 is 5.11 Å². The summed E-state index contributed by atoms with van der Waals surface area (Å²) in [5.41, 5.74) is 0. The Kier molecular flexibility index (Phi) is 7.67. The number of nitrogens with zero attached hydrogens (tertiary/aromatic N) is 1. The molecule has 1 unspecified atom stereocenters. The third kappa shape index (κ3) is 5.15. The van der Waals surface area contributed by atoms with Gasteiger partial charge in [0.15, 0.2) is 0 Å². The van der Waals surface area contributed by atoms with Crippen LogP contribution >= 0.6 is 15.9 Å². The van der Waals surface area contributed by atoms with Gasteiger partial charge in [-0.1, -0.05) is 29.3 Å². The van der Waals surface area contributed by atoms with Crippen LogP contribution in [0, 0.1) is 5.92 Å². The SMILES string of the molecule is CC(CCBr)CCN(CCCO)C1CCC1. The molecule has 0 aromatic heterocycles. The molecule has 0 aromatic carbocycles. The van der Waals surface area contributed by atoms with Crippen molar-refractivity contribution in [1.29, 1.82) is 0 Å². The third-order valence-corrected chi connectivity index (χ3v) is 4.16. The molecule has 96 valence electrons. The molecular weight excluding hydrogens is 266 g/mol. The second kappa shape index (κ2) is 8.48. The van der Waals surface area contributed by atoms with Gasteiger partial charge in [0.1, 0.15) is 0 Å². The van der Waals surface area contributed by atoms with Crippen molar-refractivity contribution in [2.45, 2.75) is 51.5 Å². The minimum Gasteiger partial charge on any atom is -0.396 e.